The van der Waals surface area contributed by atoms with Crippen LogP contribution in [-0.4, -0.2) is 30.1 Å². The van der Waals surface area contributed by atoms with Gasteiger partial charge in [0.1, 0.15) is 5.01 Å². The topological polar surface area (TPSA) is 57.3 Å². The van der Waals surface area contributed by atoms with Crippen molar-refractivity contribution in [1.29, 1.82) is 0 Å². The maximum Gasteiger partial charge on any atom is 0.315 e. The number of aryl methyl sites for hydroxylation is 1. The Morgan fingerprint density at radius 1 is 1.39 bits per heavy atom. The molecule has 2 heterocycles. The lowest BCUT2D eigenvalue weighted by Crippen LogP contribution is -2.44. The Hall–Kier alpha value is -2.08. The number of nitrogens with zero attached hydrogens (tertiary/aromatic N) is 2. The van der Waals surface area contributed by atoms with E-state index in [0.29, 0.717) is 0 Å². The van der Waals surface area contributed by atoms with E-state index in [2.05, 4.69) is 32.7 Å². The van der Waals surface area contributed by atoms with Gasteiger partial charge in [-0.15, -0.1) is 11.3 Å². The van der Waals surface area contributed by atoms with Crippen molar-refractivity contribution in [2.45, 2.75) is 32.4 Å². The van der Waals surface area contributed by atoms with Crippen LogP contribution in [0, 0.1) is 6.92 Å². The summed E-state index contributed by atoms with van der Waals surface area (Å²) in [6.07, 6.45) is 0.965. The van der Waals surface area contributed by atoms with Crippen molar-refractivity contribution in [3.05, 3.63) is 46.4 Å². The van der Waals surface area contributed by atoms with Crippen molar-refractivity contribution in [2.24, 2.45) is 0 Å². The van der Waals surface area contributed by atoms with Gasteiger partial charge in [-0.2, -0.15) is 0 Å². The highest BCUT2D eigenvalue weighted by molar-refractivity contribution is 7.09. The lowest BCUT2D eigenvalue weighted by Gasteiger charge is -2.19. The Kier molecular flexibility index (Phi) is 4.81. The highest BCUT2D eigenvalue weighted by Crippen LogP contribution is 2.20. The van der Waals surface area contributed by atoms with Crippen LogP contribution in [0.5, 0.6) is 0 Å². The minimum Gasteiger partial charge on any atom is -0.369 e. The van der Waals surface area contributed by atoms with Crippen LogP contribution in [-0.2, 0) is 0 Å². The number of carbonyl (C=O) groups excluding carboxylic acids is 1. The molecule has 2 amide bonds. The SMILES string of the molecule is Cc1csc([C@H](C)NC(=O)N[C@H]2CCN(c3ccccc3)C2)n1. The van der Waals surface area contributed by atoms with Crippen molar-refractivity contribution in [2.75, 3.05) is 18.0 Å². The predicted octanol–water partition coefficient (Wildman–Crippen LogP) is 3.09. The minimum atomic E-state index is -0.120. The van der Waals surface area contributed by atoms with Gasteiger partial charge in [-0.1, -0.05) is 18.2 Å². The standard InChI is InChI=1S/C17H22N4OS/c1-12-11-23-16(18-12)13(2)19-17(22)20-14-8-9-21(10-14)15-6-4-3-5-7-15/h3-7,11,13-14H,8-10H2,1-2H3,(H2,19,20,22)/t13-,14-/m0/s1. The van der Waals surface area contributed by atoms with Crippen molar-refractivity contribution in [1.82, 2.24) is 15.6 Å². The number of para-hydroxylation sites is 1. The van der Waals surface area contributed by atoms with Crippen molar-refractivity contribution >= 4 is 23.1 Å². The van der Waals surface area contributed by atoms with E-state index in [-0.39, 0.29) is 18.1 Å². The molecule has 0 aliphatic carbocycles. The highest BCUT2D eigenvalue weighted by atomic mass is 32.1. The normalized spacial score (nSPS) is 18.7. The molecular formula is C17H22N4OS. The average Bonchev–Trinajstić information content (AvgIpc) is 3.17. The van der Waals surface area contributed by atoms with E-state index in [1.807, 2.05) is 37.4 Å². The average molecular weight is 330 g/mol. The summed E-state index contributed by atoms with van der Waals surface area (Å²) in [7, 11) is 0. The van der Waals surface area contributed by atoms with Crippen LogP contribution in [0.4, 0.5) is 10.5 Å². The summed E-state index contributed by atoms with van der Waals surface area (Å²) in [6, 6.07) is 10.3. The third kappa shape index (κ3) is 4.01. The number of hydrogen-bond acceptors (Lipinski definition) is 4. The molecule has 122 valence electrons. The lowest BCUT2D eigenvalue weighted by molar-refractivity contribution is 0.235. The summed E-state index contributed by atoms with van der Waals surface area (Å²) >= 11 is 1.58. The van der Waals surface area contributed by atoms with E-state index < -0.39 is 0 Å². The van der Waals surface area contributed by atoms with Crippen LogP contribution in [0.3, 0.4) is 0 Å². The Morgan fingerprint density at radius 3 is 2.87 bits per heavy atom. The first-order chi connectivity index (χ1) is 11.1. The molecule has 1 aliphatic heterocycles. The second kappa shape index (κ2) is 7.00. The van der Waals surface area contributed by atoms with Crippen molar-refractivity contribution in [3.63, 3.8) is 0 Å². The molecule has 1 aromatic heterocycles. The van der Waals surface area contributed by atoms with Gasteiger partial charge >= 0.3 is 6.03 Å². The van der Waals surface area contributed by atoms with Crippen LogP contribution in [0.1, 0.15) is 30.1 Å². The number of amides is 2. The first-order valence-electron chi connectivity index (χ1n) is 7.91. The molecule has 0 spiro atoms. The summed E-state index contributed by atoms with van der Waals surface area (Å²) in [5, 5.41) is 8.98. The van der Waals surface area contributed by atoms with Crippen molar-refractivity contribution < 1.29 is 4.79 Å². The van der Waals surface area contributed by atoms with Gasteiger partial charge in [0.15, 0.2) is 0 Å². The van der Waals surface area contributed by atoms with E-state index in [0.717, 1.165) is 30.2 Å². The minimum absolute atomic E-state index is 0.0691. The van der Waals surface area contributed by atoms with E-state index in [9.17, 15) is 4.79 Å². The summed E-state index contributed by atoms with van der Waals surface area (Å²) < 4.78 is 0. The third-order valence-electron chi connectivity index (χ3n) is 4.00. The Morgan fingerprint density at radius 2 is 2.17 bits per heavy atom. The molecule has 23 heavy (non-hydrogen) atoms. The highest BCUT2D eigenvalue weighted by Gasteiger charge is 2.24. The number of aromatic nitrogens is 1. The number of thiazole rings is 1. The van der Waals surface area contributed by atoms with E-state index in [1.54, 1.807) is 11.3 Å². The number of nitrogens with one attached hydrogen (secondary N) is 2. The van der Waals surface area contributed by atoms with Gasteiger partial charge in [0, 0.05) is 35.9 Å². The number of hydrogen-bond donors (Lipinski definition) is 2. The molecule has 0 saturated carbocycles. The Labute approximate surface area is 140 Å². The van der Waals surface area contributed by atoms with Gasteiger partial charge in [0.2, 0.25) is 0 Å². The summed E-state index contributed by atoms with van der Waals surface area (Å²) in [4.78, 5) is 18.9. The quantitative estimate of drug-likeness (QED) is 0.906. The number of anilines is 1. The maximum atomic E-state index is 12.2. The molecule has 0 bridgehead atoms. The van der Waals surface area contributed by atoms with Crippen LogP contribution in [0.25, 0.3) is 0 Å². The molecule has 2 atom stereocenters. The Bertz CT molecular complexity index is 658. The van der Waals surface area contributed by atoms with Crippen molar-refractivity contribution in [3.8, 4) is 0 Å². The Balaban J connectivity index is 1.49. The fraction of sp³-hybridized carbons (Fsp3) is 0.412. The van der Waals surface area contributed by atoms with Crippen LogP contribution >= 0.6 is 11.3 Å². The third-order valence-corrected chi connectivity index (χ3v) is 5.14. The molecule has 2 aromatic rings. The first kappa shape index (κ1) is 15.8. The van der Waals surface area contributed by atoms with E-state index in [4.69, 9.17) is 0 Å². The number of urea groups is 1. The number of benzene rings is 1. The van der Waals surface area contributed by atoms with Gasteiger partial charge in [-0.3, -0.25) is 0 Å². The lowest BCUT2D eigenvalue weighted by atomic mass is 10.2. The van der Waals surface area contributed by atoms with Crippen LogP contribution in [0.2, 0.25) is 0 Å². The molecule has 6 heteroatoms. The number of rotatable bonds is 4. The molecule has 1 aromatic carbocycles. The molecular weight excluding hydrogens is 308 g/mol. The molecule has 1 saturated heterocycles. The summed E-state index contributed by atoms with van der Waals surface area (Å²) in [5.74, 6) is 0. The second-order valence-corrected chi connectivity index (χ2v) is 6.82. The largest absolute Gasteiger partial charge is 0.369 e. The van der Waals surface area contributed by atoms with E-state index in [1.165, 1.54) is 5.69 Å². The first-order valence-corrected chi connectivity index (χ1v) is 8.79. The van der Waals surface area contributed by atoms with Gasteiger partial charge in [0.05, 0.1) is 6.04 Å². The van der Waals surface area contributed by atoms with Gasteiger partial charge < -0.3 is 15.5 Å². The summed E-state index contributed by atoms with van der Waals surface area (Å²) in [5.41, 5.74) is 2.21. The fourth-order valence-corrected chi connectivity index (χ4v) is 3.61. The molecule has 2 N–H and O–H groups in total. The zero-order valence-corrected chi connectivity index (χ0v) is 14.3. The second-order valence-electron chi connectivity index (χ2n) is 5.93. The summed E-state index contributed by atoms with van der Waals surface area (Å²) in [6.45, 7) is 5.74. The van der Waals surface area contributed by atoms with Gasteiger partial charge in [-0.05, 0) is 32.4 Å². The molecule has 3 rings (SSSR count). The molecule has 5 nitrogen and oxygen atoms in total. The maximum absolute atomic E-state index is 12.2. The molecule has 1 aliphatic rings. The zero-order chi connectivity index (χ0) is 16.2. The monoisotopic (exact) mass is 330 g/mol. The molecule has 0 unspecified atom stereocenters. The zero-order valence-electron chi connectivity index (χ0n) is 13.5. The predicted molar refractivity (Wildman–Crippen MR) is 94.0 cm³/mol. The van der Waals surface area contributed by atoms with Gasteiger partial charge in [-0.25, -0.2) is 9.78 Å². The molecule has 0 radical (unpaired) electrons. The van der Waals surface area contributed by atoms with Gasteiger partial charge in [0.25, 0.3) is 0 Å². The van der Waals surface area contributed by atoms with E-state index >= 15 is 0 Å². The number of carbonyl (C=O) groups is 1. The van der Waals surface area contributed by atoms with Crippen LogP contribution < -0.4 is 15.5 Å². The fourth-order valence-electron chi connectivity index (χ4n) is 2.81. The van der Waals surface area contributed by atoms with Crippen LogP contribution in [0.15, 0.2) is 35.7 Å². The smallest absolute Gasteiger partial charge is 0.315 e. The molecule has 1 fully saturated rings.